The minimum absolute atomic E-state index is 0.0177. The van der Waals surface area contributed by atoms with Gasteiger partial charge in [0.2, 0.25) is 0 Å². The van der Waals surface area contributed by atoms with E-state index < -0.39 is 10.9 Å². The van der Waals surface area contributed by atoms with Crippen LogP contribution in [0, 0.1) is 10.1 Å². The smallest absolute Gasteiger partial charge is 0.335 e. The second kappa shape index (κ2) is 6.36. The Morgan fingerprint density at radius 2 is 2.24 bits per heavy atom. The van der Waals surface area contributed by atoms with Crippen LogP contribution in [0.15, 0.2) is 35.7 Å². The highest BCUT2D eigenvalue weighted by molar-refractivity contribution is 7.10. The monoisotopic (exact) mass is 306 g/mol. The molecule has 0 saturated carbocycles. The van der Waals surface area contributed by atoms with Crippen LogP contribution >= 0.6 is 11.3 Å². The fourth-order valence-corrected chi connectivity index (χ4v) is 2.86. The second-order valence-electron chi connectivity index (χ2n) is 4.41. The number of nitro benzene ring substituents is 1. The van der Waals surface area contributed by atoms with Gasteiger partial charge in [-0.3, -0.25) is 10.1 Å². The zero-order valence-corrected chi connectivity index (χ0v) is 12.1. The van der Waals surface area contributed by atoms with Crippen molar-refractivity contribution in [1.29, 1.82) is 0 Å². The van der Waals surface area contributed by atoms with E-state index >= 15 is 0 Å². The Bertz CT molecular complexity index is 655. The standard InChI is InChI=1S/C14H14N2O4S/c1-2-10(13-4-3-7-21-13)15-11-8-9(14(17)18)5-6-12(11)16(19)20/h3-8,10,15H,2H2,1H3,(H,17,18). The van der Waals surface area contributed by atoms with Crippen LogP contribution < -0.4 is 5.32 Å². The van der Waals surface area contributed by atoms with E-state index in [2.05, 4.69) is 5.32 Å². The zero-order valence-electron chi connectivity index (χ0n) is 11.3. The van der Waals surface area contributed by atoms with Crippen molar-refractivity contribution in [3.63, 3.8) is 0 Å². The number of hydrogen-bond donors (Lipinski definition) is 2. The molecule has 0 bridgehead atoms. The number of benzene rings is 1. The van der Waals surface area contributed by atoms with Crippen LogP contribution in [0.5, 0.6) is 0 Å². The summed E-state index contributed by atoms with van der Waals surface area (Å²) in [4.78, 5) is 22.6. The first-order valence-corrected chi connectivity index (χ1v) is 7.22. The van der Waals surface area contributed by atoms with E-state index in [4.69, 9.17) is 5.11 Å². The number of aromatic carboxylic acids is 1. The maximum Gasteiger partial charge on any atom is 0.335 e. The number of carboxylic acids is 1. The van der Waals surface area contributed by atoms with Gasteiger partial charge in [-0.1, -0.05) is 13.0 Å². The van der Waals surface area contributed by atoms with Crippen molar-refractivity contribution < 1.29 is 14.8 Å². The molecule has 0 radical (unpaired) electrons. The maximum absolute atomic E-state index is 11.1. The van der Waals surface area contributed by atoms with Crippen molar-refractivity contribution in [1.82, 2.24) is 0 Å². The van der Waals surface area contributed by atoms with Gasteiger partial charge in [-0.15, -0.1) is 11.3 Å². The lowest BCUT2D eigenvalue weighted by molar-refractivity contribution is -0.384. The molecule has 7 heteroatoms. The number of nitrogens with one attached hydrogen (secondary N) is 1. The van der Waals surface area contributed by atoms with Gasteiger partial charge >= 0.3 is 5.97 Å². The van der Waals surface area contributed by atoms with Crippen molar-refractivity contribution in [2.75, 3.05) is 5.32 Å². The highest BCUT2D eigenvalue weighted by Gasteiger charge is 2.20. The summed E-state index contributed by atoms with van der Waals surface area (Å²) in [6, 6.07) is 7.51. The molecule has 0 aliphatic heterocycles. The van der Waals surface area contributed by atoms with E-state index in [1.54, 1.807) is 11.3 Å². The number of nitrogens with zero attached hydrogens (tertiary/aromatic N) is 1. The van der Waals surface area contributed by atoms with E-state index in [1.807, 2.05) is 24.4 Å². The number of anilines is 1. The van der Waals surface area contributed by atoms with Gasteiger partial charge in [0, 0.05) is 10.9 Å². The summed E-state index contributed by atoms with van der Waals surface area (Å²) in [7, 11) is 0. The Morgan fingerprint density at radius 3 is 2.76 bits per heavy atom. The summed E-state index contributed by atoms with van der Waals surface area (Å²) in [6.07, 6.45) is 0.731. The van der Waals surface area contributed by atoms with E-state index in [0.29, 0.717) is 0 Å². The third-order valence-electron chi connectivity index (χ3n) is 3.06. The Morgan fingerprint density at radius 1 is 1.48 bits per heavy atom. The molecule has 0 aliphatic rings. The summed E-state index contributed by atoms with van der Waals surface area (Å²) in [6.45, 7) is 1.96. The van der Waals surface area contributed by atoms with E-state index in [0.717, 1.165) is 11.3 Å². The Labute approximate surface area is 125 Å². The lowest BCUT2D eigenvalue weighted by atomic mass is 10.1. The molecule has 6 nitrogen and oxygen atoms in total. The third-order valence-corrected chi connectivity index (χ3v) is 4.05. The summed E-state index contributed by atoms with van der Waals surface area (Å²) in [5, 5.41) is 25.1. The predicted octanol–water partition coefficient (Wildman–Crippen LogP) is 3.92. The second-order valence-corrected chi connectivity index (χ2v) is 5.39. The molecule has 0 fully saturated rings. The Hall–Kier alpha value is -2.41. The highest BCUT2D eigenvalue weighted by Crippen LogP contribution is 2.32. The van der Waals surface area contributed by atoms with Crippen molar-refractivity contribution in [2.24, 2.45) is 0 Å². The minimum Gasteiger partial charge on any atom is -0.478 e. The number of hydrogen-bond acceptors (Lipinski definition) is 5. The van der Waals surface area contributed by atoms with Gasteiger partial charge in [0.15, 0.2) is 0 Å². The molecule has 110 valence electrons. The van der Waals surface area contributed by atoms with Crippen LogP contribution in [-0.2, 0) is 0 Å². The van der Waals surface area contributed by atoms with Crippen LogP contribution in [0.25, 0.3) is 0 Å². The summed E-state index contributed by atoms with van der Waals surface area (Å²) >= 11 is 1.55. The SMILES string of the molecule is CCC(Nc1cc(C(=O)O)ccc1[N+](=O)[O-])c1cccs1. The summed E-state index contributed by atoms with van der Waals surface area (Å²) in [5.74, 6) is -1.11. The van der Waals surface area contributed by atoms with Gasteiger partial charge < -0.3 is 10.4 Å². The van der Waals surface area contributed by atoms with Crippen LogP contribution in [0.3, 0.4) is 0 Å². The molecule has 0 aliphatic carbocycles. The third kappa shape index (κ3) is 3.38. The van der Waals surface area contributed by atoms with Crippen molar-refractivity contribution in [3.05, 3.63) is 56.3 Å². The number of rotatable bonds is 6. The fraction of sp³-hybridized carbons (Fsp3) is 0.214. The van der Waals surface area contributed by atoms with E-state index in [1.165, 1.54) is 18.2 Å². The summed E-state index contributed by atoms with van der Waals surface area (Å²) in [5.41, 5.74) is 0.110. The van der Waals surface area contributed by atoms with Gasteiger partial charge in [-0.05, 0) is 30.0 Å². The molecule has 0 spiro atoms. The lowest BCUT2D eigenvalue weighted by Crippen LogP contribution is -2.10. The van der Waals surface area contributed by atoms with Gasteiger partial charge in [0.1, 0.15) is 5.69 Å². The summed E-state index contributed by atoms with van der Waals surface area (Å²) < 4.78 is 0. The first kappa shape index (κ1) is 15.0. The normalized spacial score (nSPS) is 11.9. The minimum atomic E-state index is -1.11. The molecule has 21 heavy (non-hydrogen) atoms. The molecule has 1 heterocycles. The van der Waals surface area contributed by atoms with Gasteiger partial charge in [-0.25, -0.2) is 4.79 Å². The van der Waals surface area contributed by atoms with E-state index in [-0.39, 0.29) is 23.0 Å². The topological polar surface area (TPSA) is 92.5 Å². The largest absolute Gasteiger partial charge is 0.478 e. The average molecular weight is 306 g/mol. The lowest BCUT2D eigenvalue weighted by Gasteiger charge is -2.17. The number of carbonyl (C=O) groups is 1. The molecule has 1 unspecified atom stereocenters. The molecule has 1 atom stereocenters. The van der Waals surface area contributed by atoms with Gasteiger partial charge in [-0.2, -0.15) is 0 Å². The first-order valence-electron chi connectivity index (χ1n) is 6.34. The number of thiophene rings is 1. The van der Waals surface area contributed by atoms with Crippen LogP contribution in [-0.4, -0.2) is 16.0 Å². The highest BCUT2D eigenvalue weighted by atomic mass is 32.1. The fourth-order valence-electron chi connectivity index (χ4n) is 2.00. The molecule has 2 rings (SSSR count). The Kier molecular flexibility index (Phi) is 4.54. The van der Waals surface area contributed by atoms with Gasteiger partial charge in [0.25, 0.3) is 5.69 Å². The molecule has 2 aromatic rings. The number of nitro groups is 1. The molecule has 1 aromatic carbocycles. The maximum atomic E-state index is 11.1. The van der Waals surface area contributed by atoms with Crippen LogP contribution in [0.2, 0.25) is 0 Å². The molecule has 0 amide bonds. The van der Waals surface area contributed by atoms with Crippen molar-refractivity contribution in [3.8, 4) is 0 Å². The van der Waals surface area contributed by atoms with Crippen molar-refractivity contribution >= 4 is 28.7 Å². The Balaban J connectivity index is 2.38. The van der Waals surface area contributed by atoms with Gasteiger partial charge in [0.05, 0.1) is 16.5 Å². The molecule has 0 saturated heterocycles. The predicted molar refractivity (Wildman–Crippen MR) is 81.0 cm³/mol. The first-order chi connectivity index (χ1) is 10.0. The molecular formula is C14H14N2O4S. The molecular weight excluding hydrogens is 292 g/mol. The van der Waals surface area contributed by atoms with Crippen molar-refractivity contribution in [2.45, 2.75) is 19.4 Å². The van der Waals surface area contributed by atoms with Crippen LogP contribution in [0.4, 0.5) is 11.4 Å². The zero-order chi connectivity index (χ0) is 15.4. The number of carboxylic acid groups (broad SMARTS) is 1. The van der Waals surface area contributed by atoms with Crippen LogP contribution in [0.1, 0.15) is 34.6 Å². The van der Waals surface area contributed by atoms with E-state index in [9.17, 15) is 14.9 Å². The molecule has 1 aromatic heterocycles. The molecule has 2 N–H and O–H groups in total. The quantitative estimate of drug-likeness (QED) is 0.623. The average Bonchev–Trinajstić information content (AvgIpc) is 2.98.